The highest BCUT2D eigenvalue weighted by atomic mass is 19.1. The highest BCUT2D eigenvalue weighted by Gasteiger charge is 2.15. The minimum atomic E-state index is -1.41. The van der Waals surface area contributed by atoms with Crippen molar-refractivity contribution in [2.24, 2.45) is 0 Å². The van der Waals surface area contributed by atoms with Gasteiger partial charge in [0.2, 0.25) is 0 Å². The summed E-state index contributed by atoms with van der Waals surface area (Å²) in [6.07, 6.45) is 1.74. The lowest BCUT2D eigenvalue weighted by Crippen LogP contribution is -2.16. The first-order valence-corrected chi connectivity index (χ1v) is 5.44. The molecule has 1 aromatic rings. The number of halogens is 2. The van der Waals surface area contributed by atoms with Crippen molar-refractivity contribution in [1.29, 1.82) is 0 Å². The first-order chi connectivity index (χ1) is 7.95. The summed E-state index contributed by atoms with van der Waals surface area (Å²) in [5.41, 5.74) is -0.512. The number of carboxylic acid groups (broad SMARTS) is 1. The Bertz CT molecular complexity index is 421. The molecule has 2 N–H and O–H groups in total. The molecule has 0 saturated heterocycles. The van der Waals surface area contributed by atoms with E-state index in [-0.39, 0.29) is 11.7 Å². The summed E-state index contributed by atoms with van der Waals surface area (Å²) in [5.74, 6) is -3.26. The summed E-state index contributed by atoms with van der Waals surface area (Å²) in [4.78, 5) is 10.7. The molecule has 0 heterocycles. The van der Waals surface area contributed by atoms with Crippen LogP contribution in [0, 0.1) is 11.6 Å². The number of carbonyl (C=O) groups is 1. The van der Waals surface area contributed by atoms with E-state index < -0.39 is 23.2 Å². The van der Waals surface area contributed by atoms with Crippen LogP contribution in [0.25, 0.3) is 0 Å². The van der Waals surface area contributed by atoms with Crippen LogP contribution in [-0.4, -0.2) is 17.1 Å². The lowest BCUT2D eigenvalue weighted by Gasteiger charge is -2.15. The van der Waals surface area contributed by atoms with Crippen molar-refractivity contribution in [3.63, 3.8) is 0 Å². The molecule has 0 aliphatic heterocycles. The van der Waals surface area contributed by atoms with Crippen molar-refractivity contribution in [3.8, 4) is 0 Å². The van der Waals surface area contributed by atoms with Gasteiger partial charge in [0, 0.05) is 12.1 Å². The monoisotopic (exact) mass is 243 g/mol. The number of carboxylic acids is 1. The normalized spacial score (nSPS) is 12.2. The van der Waals surface area contributed by atoms with E-state index in [1.807, 2.05) is 13.8 Å². The van der Waals surface area contributed by atoms with E-state index >= 15 is 0 Å². The zero-order chi connectivity index (χ0) is 13.0. The maximum Gasteiger partial charge on any atom is 0.338 e. The SMILES string of the molecule is CCCC(C)Nc1cc(C(=O)O)c(F)cc1F. The first kappa shape index (κ1) is 13.4. The maximum absolute atomic E-state index is 13.4. The number of hydrogen-bond acceptors (Lipinski definition) is 2. The minimum absolute atomic E-state index is 0.00149. The van der Waals surface area contributed by atoms with Gasteiger partial charge in [-0.1, -0.05) is 13.3 Å². The summed E-state index contributed by atoms with van der Waals surface area (Å²) in [6, 6.07) is 1.57. The molecule has 0 fully saturated rings. The van der Waals surface area contributed by atoms with E-state index in [0.29, 0.717) is 6.07 Å². The zero-order valence-corrected chi connectivity index (χ0v) is 9.76. The predicted octanol–water partition coefficient (Wildman–Crippen LogP) is 3.26. The van der Waals surface area contributed by atoms with Gasteiger partial charge in [-0.2, -0.15) is 0 Å². The van der Waals surface area contributed by atoms with Gasteiger partial charge in [-0.3, -0.25) is 0 Å². The lowest BCUT2D eigenvalue weighted by atomic mass is 10.1. The Morgan fingerprint density at radius 3 is 2.59 bits per heavy atom. The number of hydrogen-bond donors (Lipinski definition) is 2. The van der Waals surface area contributed by atoms with Gasteiger partial charge in [-0.25, -0.2) is 13.6 Å². The second-order valence-electron chi connectivity index (χ2n) is 3.95. The van der Waals surface area contributed by atoms with Crippen molar-refractivity contribution in [3.05, 3.63) is 29.3 Å². The topological polar surface area (TPSA) is 49.3 Å². The molecule has 0 amide bonds. The fraction of sp³-hybridized carbons (Fsp3) is 0.417. The Balaban J connectivity index is 2.99. The minimum Gasteiger partial charge on any atom is -0.478 e. The molecule has 1 atom stereocenters. The molecule has 0 aliphatic rings. The maximum atomic E-state index is 13.4. The van der Waals surface area contributed by atoms with Crippen molar-refractivity contribution in [2.45, 2.75) is 32.7 Å². The van der Waals surface area contributed by atoms with Crippen molar-refractivity contribution >= 4 is 11.7 Å². The van der Waals surface area contributed by atoms with Crippen LogP contribution in [0.5, 0.6) is 0 Å². The molecule has 0 saturated carbocycles. The van der Waals surface area contributed by atoms with E-state index in [2.05, 4.69) is 5.32 Å². The Morgan fingerprint density at radius 1 is 1.41 bits per heavy atom. The summed E-state index contributed by atoms with van der Waals surface area (Å²) in [7, 11) is 0. The van der Waals surface area contributed by atoms with Gasteiger partial charge >= 0.3 is 5.97 Å². The highest BCUT2D eigenvalue weighted by molar-refractivity contribution is 5.89. The number of rotatable bonds is 5. The first-order valence-electron chi connectivity index (χ1n) is 5.44. The van der Waals surface area contributed by atoms with Crippen LogP contribution in [0.4, 0.5) is 14.5 Å². The van der Waals surface area contributed by atoms with Crippen molar-refractivity contribution in [1.82, 2.24) is 0 Å². The third-order valence-electron chi connectivity index (χ3n) is 2.41. The van der Waals surface area contributed by atoms with Crippen molar-refractivity contribution < 1.29 is 18.7 Å². The van der Waals surface area contributed by atoms with Crippen LogP contribution < -0.4 is 5.32 Å². The van der Waals surface area contributed by atoms with Gasteiger partial charge in [0.1, 0.15) is 11.6 Å². The molecule has 1 rings (SSSR count). The molecular weight excluding hydrogens is 228 g/mol. The molecule has 1 unspecified atom stereocenters. The van der Waals surface area contributed by atoms with E-state index in [0.717, 1.165) is 18.9 Å². The summed E-state index contributed by atoms with van der Waals surface area (Å²) < 4.78 is 26.5. The average molecular weight is 243 g/mol. The predicted molar refractivity (Wildman–Crippen MR) is 61.3 cm³/mol. The summed E-state index contributed by atoms with van der Waals surface area (Å²) in [5, 5.41) is 11.6. The van der Waals surface area contributed by atoms with Crippen LogP contribution in [-0.2, 0) is 0 Å². The molecule has 0 spiro atoms. The highest BCUT2D eigenvalue weighted by Crippen LogP contribution is 2.21. The second-order valence-corrected chi connectivity index (χ2v) is 3.95. The molecule has 0 aliphatic carbocycles. The molecule has 1 aromatic carbocycles. The van der Waals surface area contributed by atoms with Gasteiger partial charge in [0.15, 0.2) is 0 Å². The van der Waals surface area contributed by atoms with Crippen LogP contribution in [0.3, 0.4) is 0 Å². The smallest absolute Gasteiger partial charge is 0.338 e. The van der Waals surface area contributed by atoms with Crippen LogP contribution in [0.2, 0.25) is 0 Å². The molecule has 3 nitrogen and oxygen atoms in total. The van der Waals surface area contributed by atoms with Crippen LogP contribution in [0.15, 0.2) is 12.1 Å². The third-order valence-corrected chi connectivity index (χ3v) is 2.41. The molecule has 0 aromatic heterocycles. The standard InChI is InChI=1S/C12H15F2NO2/c1-3-4-7(2)15-11-5-8(12(16)17)9(13)6-10(11)14/h5-7,15H,3-4H2,1-2H3,(H,16,17). The van der Waals surface area contributed by atoms with Crippen LogP contribution in [0.1, 0.15) is 37.0 Å². The van der Waals surface area contributed by atoms with Crippen molar-refractivity contribution in [2.75, 3.05) is 5.32 Å². The van der Waals surface area contributed by atoms with Gasteiger partial charge in [0.05, 0.1) is 11.3 Å². The quantitative estimate of drug-likeness (QED) is 0.834. The second kappa shape index (κ2) is 5.61. The van der Waals surface area contributed by atoms with Gasteiger partial charge < -0.3 is 10.4 Å². The van der Waals surface area contributed by atoms with E-state index in [1.54, 1.807) is 0 Å². The molecule has 0 bridgehead atoms. The van der Waals surface area contributed by atoms with Crippen LogP contribution >= 0.6 is 0 Å². The fourth-order valence-corrected chi connectivity index (χ4v) is 1.59. The molecule has 5 heteroatoms. The van der Waals surface area contributed by atoms with E-state index in [4.69, 9.17) is 5.11 Å². The summed E-state index contributed by atoms with van der Waals surface area (Å²) >= 11 is 0. The average Bonchev–Trinajstić information content (AvgIpc) is 2.21. The largest absolute Gasteiger partial charge is 0.478 e. The molecule has 94 valence electrons. The lowest BCUT2D eigenvalue weighted by molar-refractivity contribution is 0.0692. The molecule has 0 radical (unpaired) electrons. The number of benzene rings is 1. The number of anilines is 1. The Kier molecular flexibility index (Phi) is 4.43. The molecular formula is C12H15F2NO2. The van der Waals surface area contributed by atoms with Gasteiger partial charge in [0.25, 0.3) is 0 Å². The van der Waals surface area contributed by atoms with E-state index in [1.165, 1.54) is 0 Å². The Labute approximate surface area is 98.5 Å². The van der Waals surface area contributed by atoms with Gasteiger partial charge in [-0.05, 0) is 19.4 Å². The number of nitrogens with one attached hydrogen (secondary N) is 1. The Hall–Kier alpha value is -1.65. The van der Waals surface area contributed by atoms with Gasteiger partial charge in [-0.15, -0.1) is 0 Å². The third kappa shape index (κ3) is 3.41. The Morgan fingerprint density at radius 2 is 2.06 bits per heavy atom. The molecule has 17 heavy (non-hydrogen) atoms. The summed E-state index contributed by atoms with van der Waals surface area (Å²) in [6.45, 7) is 3.84. The van der Waals surface area contributed by atoms with E-state index in [9.17, 15) is 13.6 Å². The number of aromatic carboxylic acids is 1. The zero-order valence-electron chi connectivity index (χ0n) is 9.76. The fourth-order valence-electron chi connectivity index (χ4n) is 1.59.